The van der Waals surface area contributed by atoms with Gasteiger partial charge in [0.1, 0.15) is 13.2 Å². The highest BCUT2D eigenvalue weighted by atomic mass is 31.2. The lowest BCUT2D eigenvalue weighted by atomic mass is 10.0. The van der Waals surface area contributed by atoms with Crippen LogP contribution in [0.4, 0.5) is 0 Å². The fourth-order valence-electron chi connectivity index (χ4n) is 11.1. The zero-order valence-electron chi connectivity index (χ0n) is 56.2. The SMILES string of the molecule is CCCCCCC/C=C\C/C=C\C/C=C\CCCCCCCCCCCCCCCCCCCCCCCCC(=O)NC(COP(=O)([O-])OCC[N+](C)(C)C)C(O)/C=C/CCCCCCCCCCCCCCCCCCCCCCCC. The number of phosphoric ester groups is 1. The van der Waals surface area contributed by atoms with Crippen LogP contribution in [0.1, 0.15) is 367 Å². The fourth-order valence-corrected chi connectivity index (χ4v) is 11.8. The number of rotatable bonds is 68. The van der Waals surface area contributed by atoms with Crippen molar-refractivity contribution in [2.75, 3.05) is 40.9 Å². The Morgan fingerprint density at radius 2 is 0.699 bits per heavy atom. The maximum atomic E-state index is 13.0. The smallest absolute Gasteiger partial charge is 0.268 e. The number of nitrogens with one attached hydrogen (secondary N) is 1. The minimum atomic E-state index is -4.60. The summed E-state index contributed by atoms with van der Waals surface area (Å²) in [5.74, 6) is -0.190. The molecule has 0 aromatic heterocycles. The molecule has 0 aromatic carbocycles. The van der Waals surface area contributed by atoms with Crippen molar-refractivity contribution < 1.29 is 32.9 Å². The molecule has 0 saturated heterocycles. The molecule has 0 aliphatic carbocycles. The van der Waals surface area contributed by atoms with Gasteiger partial charge in [-0.1, -0.05) is 351 Å². The lowest BCUT2D eigenvalue weighted by Gasteiger charge is -2.29. The number of hydrogen-bond acceptors (Lipinski definition) is 6. The van der Waals surface area contributed by atoms with Crippen molar-refractivity contribution in [3.05, 3.63) is 48.6 Å². The van der Waals surface area contributed by atoms with Crippen molar-refractivity contribution in [1.82, 2.24) is 5.32 Å². The van der Waals surface area contributed by atoms with Gasteiger partial charge in [0.05, 0.1) is 39.9 Å². The molecule has 0 fully saturated rings. The average molecular weight is 1190 g/mol. The molecule has 3 unspecified atom stereocenters. The Morgan fingerprint density at radius 1 is 0.422 bits per heavy atom. The van der Waals surface area contributed by atoms with E-state index < -0.39 is 20.0 Å². The van der Waals surface area contributed by atoms with E-state index in [9.17, 15) is 19.4 Å². The second-order valence-corrected chi connectivity index (χ2v) is 27.7. The highest BCUT2D eigenvalue weighted by molar-refractivity contribution is 7.45. The molecule has 0 aliphatic heterocycles. The second kappa shape index (κ2) is 64.9. The van der Waals surface area contributed by atoms with Crippen molar-refractivity contribution in [3.8, 4) is 0 Å². The van der Waals surface area contributed by atoms with E-state index in [1.165, 1.54) is 295 Å². The number of amides is 1. The topological polar surface area (TPSA) is 108 Å². The Labute approximate surface area is 518 Å². The zero-order chi connectivity index (χ0) is 60.5. The number of phosphoric acid groups is 1. The monoisotopic (exact) mass is 1190 g/mol. The Bertz CT molecular complexity index is 1490. The molecule has 2 N–H and O–H groups in total. The summed E-state index contributed by atoms with van der Waals surface area (Å²) in [6.45, 7) is 4.69. The van der Waals surface area contributed by atoms with Crippen LogP contribution in [0.3, 0.4) is 0 Å². The van der Waals surface area contributed by atoms with Gasteiger partial charge in [-0.25, -0.2) is 0 Å². The normalized spacial score (nSPS) is 13.9. The predicted molar refractivity (Wildman–Crippen MR) is 362 cm³/mol. The first kappa shape index (κ1) is 81.5. The number of carbonyl (C=O) groups excluding carboxylic acids is 1. The van der Waals surface area contributed by atoms with E-state index in [-0.39, 0.29) is 19.1 Å². The quantitative estimate of drug-likeness (QED) is 0.0272. The molecule has 9 heteroatoms. The molecule has 0 radical (unpaired) electrons. The molecule has 8 nitrogen and oxygen atoms in total. The molecule has 0 heterocycles. The maximum absolute atomic E-state index is 13.0. The summed E-state index contributed by atoms with van der Waals surface area (Å²) in [6.07, 6.45) is 88.1. The maximum Gasteiger partial charge on any atom is 0.268 e. The van der Waals surface area contributed by atoms with Crippen molar-refractivity contribution in [1.29, 1.82) is 0 Å². The third-order valence-corrected chi connectivity index (χ3v) is 17.7. The molecular formula is C74H143N2O6P. The molecule has 83 heavy (non-hydrogen) atoms. The lowest BCUT2D eigenvalue weighted by Crippen LogP contribution is -2.45. The van der Waals surface area contributed by atoms with Crippen LogP contribution in [0.15, 0.2) is 48.6 Å². The number of unbranched alkanes of at least 4 members (excludes halogenated alkanes) is 49. The van der Waals surface area contributed by atoms with Gasteiger partial charge in [0, 0.05) is 6.42 Å². The molecule has 3 atom stereocenters. The third kappa shape index (κ3) is 67.8. The largest absolute Gasteiger partial charge is 0.756 e. The van der Waals surface area contributed by atoms with E-state index in [1.807, 2.05) is 27.2 Å². The van der Waals surface area contributed by atoms with Gasteiger partial charge in [-0.05, 0) is 57.8 Å². The van der Waals surface area contributed by atoms with Crippen LogP contribution in [-0.2, 0) is 18.4 Å². The third-order valence-electron chi connectivity index (χ3n) is 16.8. The number of allylic oxidation sites excluding steroid dienone is 7. The van der Waals surface area contributed by atoms with Gasteiger partial charge in [0.25, 0.3) is 7.82 Å². The minimum absolute atomic E-state index is 0.000761. The van der Waals surface area contributed by atoms with E-state index in [0.717, 1.165) is 51.4 Å². The fraction of sp³-hybridized carbons (Fsp3) is 0.878. The molecule has 0 aliphatic rings. The number of likely N-dealkylation sites (N-methyl/N-ethyl adjacent to an activating group) is 1. The summed E-state index contributed by atoms with van der Waals surface area (Å²) in [4.78, 5) is 25.6. The molecule has 0 bridgehead atoms. The Balaban J connectivity index is 3.98. The highest BCUT2D eigenvalue weighted by Gasteiger charge is 2.23. The molecule has 490 valence electrons. The summed E-state index contributed by atoms with van der Waals surface area (Å²) >= 11 is 0. The Kier molecular flexibility index (Phi) is 63.7. The summed E-state index contributed by atoms with van der Waals surface area (Å²) in [5, 5.41) is 14.0. The van der Waals surface area contributed by atoms with Crippen LogP contribution in [-0.4, -0.2) is 68.5 Å². The van der Waals surface area contributed by atoms with Gasteiger partial charge in [-0.2, -0.15) is 0 Å². The number of aliphatic hydroxyl groups excluding tert-OH is 1. The van der Waals surface area contributed by atoms with Gasteiger partial charge in [-0.15, -0.1) is 0 Å². The van der Waals surface area contributed by atoms with E-state index in [1.54, 1.807) is 6.08 Å². The van der Waals surface area contributed by atoms with E-state index >= 15 is 0 Å². The predicted octanol–water partition coefficient (Wildman–Crippen LogP) is 22.8. The zero-order valence-corrected chi connectivity index (χ0v) is 57.1. The Morgan fingerprint density at radius 3 is 1.01 bits per heavy atom. The number of aliphatic hydroxyl groups is 1. The van der Waals surface area contributed by atoms with Gasteiger partial charge < -0.3 is 28.8 Å². The summed E-state index contributed by atoms with van der Waals surface area (Å²) in [6, 6.07) is -0.887. The van der Waals surface area contributed by atoms with Gasteiger partial charge in [-0.3, -0.25) is 9.36 Å². The van der Waals surface area contributed by atoms with Gasteiger partial charge in [0.15, 0.2) is 0 Å². The lowest BCUT2D eigenvalue weighted by molar-refractivity contribution is -0.870. The molecule has 1 amide bonds. The molecule has 0 rings (SSSR count). The van der Waals surface area contributed by atoms with Crippen molar-refractivity contribution >= 4 is 13.7 Å². The van der Waals surface area contributed by atoms with E-state index in [2.05, 4.69) is 55.6 Å². The van der Waals surface area contributed by atoms with Crippen molar-refractivity contribution in [2.45, 2.75) is 379 Å². The number of quaternary nitrogens is 1. The van der Waals surface area contributed by atoms with Gasteiger partial charge in [0.2, 0.25) is 5.91 Å². The summed E-state index contributed by atoms with van der Waals surface area (Å²) in [7, 11) is 1.28. The summed E-state index contributed by atoms with van der Waals surface area (Å²) in [5.41, 5.74) is 0. The standard InChI is InChI=1S/C74H143N2O6P/c1-6-8-10-12-14-16-18-20-22-24-26-28-30-32-33-34-35-36-37-38-39-40-41-42-43-44-46-48-50-52-54-56-58-60-62-64-66-68-74(78)75-72(71-82-83(79,80)81-70-69-76(3,4)5)73(77)67-65-63-61-59-57-55-53-51-49-47-45-31-29-27-25-23-21-19-17-15-13-11-9-7-2/h18,20,24,26,30,32,65,67,72-73,77H,6-17,19,21-23,25,27-29,31,33-64,66,68-71H2,1-5H3,(H-,75,78,79,80)/b20-18-,26-24-,32-30-,67-65+. The Hall–Kier alpha value is -1.54. The van der Waals surface area contributed by atoms with Crippen LogP contribution < -0.4 is 10.2 Å². The molecular weight excluding hydrogens is 1040 g/mol. The minimum Gasteiger partial charge on any atom is -0.756 e. The first-order valence-corrected chi connectivity index (χ1v) is 38.0. The number of hydrogen-bond donors (Lipinski definition) is 2. The van der Waals surface area contributed by atoms with Gasteiger partial charge >= 0.3 is 0 Å². The van der Waals surface area contributed by atoms with Crippen LogP contribution in [0.25, 0.3) is 0 Å². The van der Waals surface area contributed by atoms with Crippen LogP contribution in [0.5, 0.6) is 0 Å². The van der Waals surface area contributed by atoms with Crippen molar-refractivity contribution in [3.63, 3.8) is 0 Å². The first-order valence-electron chi connectivity index (χ1n) is 36.5. The summed E-state index contributed by atoms with van der Waals surface area (Å²) < 4.78 is 23.5. The van der Waals surface area contributed by atoms with Crippen LogP contribution >= 0.6 is 7.82 Å². The van der Waals surface area contributed by atoms with Crippen LogP contribution in [0.2, 0.25) is 0 Å². The van der Waals surface area contributed by atoms with E-state index in [4.69, 9.17) is 9.05 Å². The molecule has 0 spiro atoms. The molecule has 0 saturated carbocycles. The van der Waals surface area contributed by atoms with Crippen LogP contribution in [0, 0.1) is 0 Å². The molecule has 0 aromatic rings. The second-order valence-electron chi connectivity index (χ2n) is 26.3. The average Bonchev–Trinajstić information content (AvgIpc) is 3.50. The van der Waals surface area contributed by atoms with E-state index in [0.29, 0.717) is 17.4 Å². The number of carbonyl (C=O) groups is 1. The first-order chi connectivity index (χ1) is 40.5. The number of nitrogens with zero attached hydrogens (tertiary/aromatic N) is 1. The van der Waals surface area contributed by atoms with Crippen molar-refractivity contribution in [2.24, 2.45) is 0 Å². The highest BCUT2D eigenvalue weighted by Crippen LogP contribution is 2.38.